The lowest BCUT2D eigenvalue weighted by Gasteiger charge is -2.18. The van der Waals surface area contributed by atoms with Crippen LogP contribution in [0.15, 0.2) is 66.9 Å². The molecule has 4 rings (SSSR count). The Labute approximate surface area is 174 Å². The Balaban J connectivity index is 2.17. The molecule has 0 aliphatic heterocycles. The lowest BCUT2D eigenvalue weighted by Crippen LogP contribution is -2.07. The van der Waals surface area contributed by atoms with Crippen molar-refractivity contribution in [2.75, 3.05) is 0 Å². The Morgan fingerprint density at radius 2 is 1.48 bits per heavy atom. The zero-order valence-corrected chi connectivity index (χ0v) is 16.1. The molecule has 0 saturated carbocycles. The van der Waals surface area contributed by atoms with Crippen LogP contribution in [0.2, 0.25) is 10.0 Å². The molecule has 2 nitrogen and oxygen atoms in total. The van der Waals surface area contributed by atoms with Crippen molar-refractivity contribution < 1.29 is 18.3 Å². The quantitative estimate of drug-likeness (QED) is 0.353. The zero-order chi connectivity index (χ0) is 20.8. The number of hydrogen-bond acceptors (Lipinski definition) is 2. The Morgan fingerprint density at radius 1 is 0.828 bits per heavy atom. The van der Waals surface area contributed by atoms with Crippen LogP contribution in [0.25, 0.3) is 33.2 Å². The number of phenolic OH excluding ortho intramolecular Hbond substituents is 1. The summed E-state index contributed by atoms with van der Waals surface area (Å²) in [6.45, 7) is 0. The molecule has 0 fully saturated rings. The highest BCUT2D eigenvalue weighted by Gasteiger charge is 2.34. The van der Waals surface area contributed by atoms with Crippen molar-refractivity contribution in [2.24, 2.45) is 0 Å². The molecule has 1 N–H and O–H groups in total. The van der Waals surface area contributed by atoms with Gasteiger partial charge < -0.3 is 5.11 Å². The van der Waals surface area contributed by atoms with Gasteiger partial charge in [0.15, 0.2) is 0 Å². The second-order valence-corrected chi connectivity index (χ2v) is 7.21. The van der Waals surface area contributed by atoms with Crippen LogP contribution < -0.4 is 0 Å². The number of para-hydroxylation sites is 1. The molecule has 0 saturated heterocycles. The van der Waals surface area contributed by atoms with Crippen LogP contribution >= 0.6 is 23.2 Å². The fraction of sp³-hybridized carbons (Fsp3) is 0.0455. The number of pyridine rings is 1. The number of phenols is 1. The molecular weight excluding hydrogens is 422 g/mol. The van der Waals surface area contributed by atoms with Crippen LogP contribution in [-0.2, 0) is 6.18 Å². The lowest BCUT2D eigenvalue weighted by atomic mass is 9.91. The van der Waals surface area contributed by atoms with Gasteiger partial charge in [0.25, 0.3) is 0 Å². The molecule has 7 heteroatoms. The maximum absolute atomic E-state index is 13.5. The zero-order valence-electron chi connectivity index (χ0n) is 14.6. The normalized spacial score (nSPS) is 11.8. The summed E-state index contributed by atoms with van der Waals surface area (Å²) < 4.78 is 40.6. The van der Waals surface area contributed by atoms with Crippen molar-refractivity contribution in [1.29, 1.82) is 0 Å². The van der Waals surface area contributed by atoms with E-state index < -0.39 is 11.7 Å². The minimum atomic E-state index is -4.56. The maximum Gasteiger partial charge on any atom is 0.418 e. The second-order valence-electron chi connectivity index (χ2n) is 6.39. The van der Waals surface area contributed by atoms with Crippen molar-refractivity contribution in [1.82, 2.24) is 4.98 Å². The standard InChI is InChI=1S/C22H12Cl2F3NO/c23-17-8-3-9-18(24)20(17)15-11-28-21-14(6-2-7-16(21)22(25,26)27)19(15)12-4-1-5-13(29)10-12/h1-11,29H. The monoisotopic (exact) mass is 433 g/mol. The molecule has 0 amide bonds. The van der Waals surface area contributed by atoms with Gasteiger partial charge in [0, 0.05) is 38.3 Å². The molecule has 146 valence electrons. The minimum absolute atomic E-state index is 0.0179. The van der Waals surface area contributed by atoms with Gasteiger partial charge in [-0.15, -0.1) is 0 Å². The largest absolute Gasteiger partial charge is 0.508 e. The number of hydrogen-bond donors (Lipinski definition) is 1. The summed E-state index contributed by atoms with van der Waals surface area (Å²) in [6.07, 6.45) is -3.23. The number of fused-ring (bicyclic) bond motifs is 1. The summed E-state index contributed by atoms with van der Waals surface area (Å²) in [4.78, 5) is 4.11. The third-order valence-electron chi connectivity index (χ3n) is 4.57. The predicted octanol–water partition coefficient (Wildman–Crippen LogP) is 7.60. The average molecular weight is 434 g/mol. The van der Waals surface area contributed by atoms with E-state index in [1.807, 2.05) is 0 Å². The smallest absolute Gasteiger partial charge is 0.418 e. The number of rotatable bonds is 2. The topological polar surface area (TPSA) is 33.1 Å². The van der Waals surface area contributed by atoms with Gasteiger partial charge in [0.05, 0.1) is 11.1 Å². The van der Waals surface area contributed by atoms with Crippen molar-refractivity contribution in [2.45, 2.75) is 6.18 Å². The van der Waals surface area contributed by atoms with E-state index in [1.54, 1.807) is 36.4 Å². The van der Waals surface area contributed by atoms with Gasteiger partial charge in [0.1, 0.15) is 5.75 Å². The highest BCUT2D eigenvalue weighted by Crippen LogP contribution is 2.45. The fourth-order valence-electron chi connectivity index (χ4n) is 3.37. The number of alkyl halides is 3. The van der Waals surface area contributed by atoms with Gasteiger partial charge in [0.2, 0.25) is 0 Å². The van der Waals surface area contributed by atoms with E-state index in [0.717, 1.165) is 6.07 Å². The second kappa shape index (κ2) is 7.25. The molecule has 1 heterocycles. The van der Waals surface area contributed by atoms with Crippen molar-refractivity contribution >= 4 is 34.1 Å². The molecule has 0 aliphatic carbocycles. The molecule has 29 heavy (non-hydrogen) atoms. The van der Waals surface area contributed by atoms with Crippen LogP contribution in [-0.4, -0.2) is 10.1 Å². The minimum Gasteiger partial charge on any atom is -0.508 e. The molecule has 0 atom stereocenters. The summed E-state index contributed by atoms with van der Waals surface area (Å²) in [5.41, 5.74) is 0.868. The van der Waals surface area contributed by atoms with Gasteiger partial charge in [-0.2, -0.15) is 13.2 Å². The third-order valence-corrected chi connectivity index (χ3v) is 5.20. The Bertz CT molecular complexity index is 1220. The molecule has 4 aromatic rings. The van der Waals surface area contributed by atoms with Gasteiger partial charge >= 0.3 is 6.18 Å². The summed E-state index contributed by atoms with van der Waals surface area (Å²) in [6, 6.07) is 15.1. The van der Waals surface area contributed by atoms with E-state index in [4.69, 9.17) is 23.2 Å². The summed E-state index contributed by atoms with van der Waals surface area (Å²) >= 11 is 12.7. The molecule has 0 unspecified atom stereocenters. The van der Waals surface area contributed by atoms with Gasteiger partial charge in [-0.25, -0.2) is 0 Å². The van der Waals surface area contributed by atoms with Crippen LogP contribution in [0.5, 0.6) is 5.75 Å². The van der Waals surface area contributed by atoms with Crippen LogP contribution in [0, 0.1) is 0 Å². The van der Waals surface area contributed by atoms with E-state index in [-0.39, 0.29) is 16.7 Å². The first-order valence-electron chi connectivity index (χ1n) is 8.50. The summed E-state index contributed by atoms with van der Waals surface area (Å²) in [7, 11) is 0. The first kappa shape index (κ1) is 19.6. The number of halogens is 5. The Hall–Kier alpha value is -2.76. The molecule has 1 aromatic heterocycles. The number of aromatic hydroxyl groups is 1. The maximum atomic E-state index is 13.5. The molecule has 3 aromatic carbocycles. The summed E-state index contributed by atoms with van der Waals surface area (Å²) in [5, 5.41) is 10.9. The SMILES string of the molecule is Oc1cccc(-c2c(-c3c(Cl)cccc3Cl)cnc3c(C(F)(F)F)cccc23)c1. The van der Waals surface area contributed by atoms with Gasteiger partial charge in [-0.05, 0) is 35.9 Å². The molecule has 0 spiro atoms. The lowest BCUT2D eigenvalue weighted by molar-refractivity contribution is -0.136. The van der Waals surface area contributed by atoms with Crippen molar-refractivity contribution in [3.05, 3.63) is 82.5 Å². The van der Waals surface area contributed by atoms with Crippen molar-refractivity contribution in [3.8, 4) is 28.0 Å². The van der Waals surface area contributed by atoms with Crippen LogP contribution in [0.4, 0.5) is 13.2 Å². The fourth-order valence-corrected chi connectivity index (χ4v) is 3.97. The average Bonchev–Trinajstić information content (AvgIpc) is 2.66. The predicted molar refractivity (Wildman–Crippen MR) is 109 cm³/mol. The van der Waals surface area contributed by atoms with E-state index in [0.29, 0.717) is 32.3 Å². The van der Waals surface area contributed by atoms with Gasteiger partial charge in [-0.3, -0.25) is 4.98 Å². The number of benzene rings is 3. The Kier molecular flexibility index (Phi) is 4.89. The third kappa shape index (κ3) is 3.52. The molecule has 0 aliphatic rings. The molecular formula is C22H12Cl2F3NO. The van der Waals surface area contributed by atoms with E-state index >= 15 is 0 Å². The number of nitrogens with zero attached hydrogens (tertiary/aromatic N) is 1. The molecule has 0 radical (unpaired) electrons. The Morgan fingerprint density at radius 3 is 2.14 bits per heavy atom. The highest BCUT2D eigenvalue weighted by atomic mass is 35.5. The van der Waals surface area contributed by atoms with Crippen LogP contribution in [0.3, 0.4) is 0 Å². The summed E-state index contributed by atoms with van der Waals surface area (Å²) in [5.74, 6) is -0.0179. The first-order chi connectivity index (χ1) is 13.8. The van der Waals surface area contributed by atoms with Crippen LogP contribution in [0.1, 0.15) is 5.56 Å². The highest BCUT2D eigenvalue weighted by molar-refractivity contribution is 6.39. The van der Waals surface area contributed by atoms with Gasteiger partial charge in [-0.1, -0.05) is 53.5 Å². The van der Waals surface area contributed by atoms with E-state index in [1.165, 1.54) is 24.4 Å². The van der Waals surface area contributed by atoms with E-state index in [2.05, 4.69) is 4.98 Å². The number of aromatic nitrogens is 1. The van der Waals surface area contributed by atoms with E-state index in [9.17, 15) is 18.3 Å². The van der Waals surface area contributed by atoms with Crippen molar-refractivity contribution in [3.63, 3.8) is 0 Å². The first-order valence-corrected chi connectivity index (χ1v) is 9.25. The molecule has 0 bridgehead atoms.